The predicted octanol–water partition coefficient (Wildman–Crippen LogP) is 0.581. The second-order valence-electron chi connectivity index (χ2n) is 3.69. The molecule has 0 aromatic rings. The Labute approximate surface area is 78.2 Å². The van der Waals surface area contributed by atoms with E-state index in [0.29, 0.717) is 0 Å². The van der Waals surface area contributed by atoms with Crippen molar-refractivity contribution in [3.63, 3.8) is 0 Å². The first-order valence-electron chi connectivity index (χ1n) is 5.02. The molecule has 2 aliphatic heterocycles. The molecule has 0 aromatic heterocycles. The number of carbonyl (C=O) groups excluding carboxylic acids is 1. The predicted molar refractivity (Wildman–Crippen MR) is 48.6 cm³/mol. The third kappa shape index (κ3) is 2.12. The van der Waals surface area contributed by atoms with Crippen molar-refractivity contribution in [3.05, 3.63) is 0 Å². The van der Waals surface area contributed by atoms with Crippen LogP contribution in [0.25, 0.3) is 0 Å². The Morgan fingerprint density at radius 1 is 1.38 bits per heavy atom. The van der Waals surface area contributed by atoms with Crippen molar-refractivity contribution in [2.45, 2.75) is 25.4 Å². The molecular weight excluding hydrogens is 168 g/mol. The highest BCUT2D eigenvalue weighted by Crippen LogP contribution is 2.11. The number of nitrogens with one attached hydrogen (secondary N) is 1. The van der Waals surface area contributed by atoms with Crippen molar-refractivity contribution in [3.8, 4) is 0 Å². The molecule has 4 nitrogen and oxygen atoms in total. The summed E-state index contributed by atoms with van der Waals surface area (Å²) in [4.78, 5) is 13.3. The fourth-order valence-corrected chi connectivity index (χ4v) is 1.85. The molecule has 2 rings (SSSR count). The van der Waals surface area contributed by atoms with Crippen molar-refractivity contribution in [2.24, 2.45) is 0 Å². The highest BCUT2D eigenvalue weighted by molar-refractivity contribution is 5.68. The van der Waals surface area contributed by atoms with Gasteiger partial charge < -0.3 is 15.0 Å². The fourth-order valence-electron chi connectivity index (χ4n) is 1.85. The van der Waals surface area contributed by atoms with Crippen LogP contribution < -0.4 is 5.32 Å². The molecule has 74 valence electrons. The SMILES string of the molecule is O=C(OC1CCNC1)N1CCCC1. The molecule has 2 aliphatic rings. The van der Waals surface area contributed by atoms with Crippen LogP contribution in [0.15, 0.2) is 0 Å². The van der Waals surface area contributed by atoms with Crippen LogP contribution in [0.3, 0.4) is 0 Å². The van der Waals surface area contributed by atoms with Gasteiger partial charge in [0, 0.05) is 19.6 Å². The number of hydrogen-bond acceptors (Lipinski definition) is 3. The lowest BCUT2D eigenvalue weighted by atomic mass is 10.3. The molecule has 2 fully saturated rings. The van der Waals surface area contributed by atoms with Crippen molar-refractivity contribution in [2.75, 3.05) is 26.2 Å². The second-order valence-corrected chi connectivity index (χ2v) is 3.69. The molecule has 0 aliphatic carbocycles. The lowest BCUT2D eigenvalue weighted by Gasteiger charge is -2.18. The summed E-state index contributed by atoms with van der Waals surface area (Å²) in [5.41, 5.74) is 0. The maximum Gasteiger partial charge on any atom is 0.410 e. The van der Waals surface area contributed by atoms with E-state index in [1.54, 1.807) is 4.90 Å². The van der Waals surface area contributed by atoms with Gasteiger partial charge in [-0.1, -0.05) is 0 Å². The van der Waals surface area contributed by atoms with Crippen molar-refractivity contribution in [1.29, 1.82) is 0 Å². The standard InChI is InChI=1S/C9H16N2O2/c12-9(11-5-1-2-6-11)13-8-3-4-10-7-8/h8,10H,1-7H2. The van der Waals surface area contributed by atoms with E-state index in [0.717, 1.165) is 45.4 Å². The smallest absolute Gasteiger partial charge is 0.410 e. The maximum atomic E-state index is 11.5. The van der Waals surface area contributed by atoms with Crippen LogP contribution >= 0.6 is 0 Å². The number of rotatable bonds is 1. The maximum absolute atomic E-state index is 11.5. The van der Waals surface area contributed by atoms with Crippen LogP contribution in [0.5, 0.6) is 0 Å². The monoisotopic (exact) mass is 184 g/mol. The lowest BCUT2D eigenvalue weighted by Crippen LogP contribution is -2.32. The van der Waals surface area contributed by atoms with Gasteiger partial charge in [0.05, 0.1) is 0 Å². The summed E-state index contributed by atoms with van der Waals surface area (Å²) in [5.74, 6) is 0. The minimum Gasteiger partial charge on any atom is -0.445 e. The summed E-state index contributed by atoms with van der Waals surface area (Å²) >= 11 is 0. The summed E-state index contributed by atoms with van der Waals surface area (Å²) in [6, 6.07) is 0. The first-order valence-corrected chi connectivity index (χ1v) is 5.02. The van der Waals surface area contributed by atoms with Crippen LogP contribution in [-0.4, -0.2) is 43.3 Å². The molecule has 1 N–H and O–H groups in total. The first-order chi connectivity index (χ1) is 6.36. The van der Waals surface area contributed by atoms with Crippen LogP contribution in [-0.2, 0) is 4.74 Å². The van der Waals surface area contributed by atoms with E-state index in [-0.39, 0.29) is 12.2 Å². The van der Waals surface area contributed by atoms with Gasteiger partial charge in [0.15, 0.2) is 0 Å². The average molecular weight is 184 g/mol. The quantitative estimate of drug-likeness (QED) is 0.648. The highest BCUT2D eigenvalue weighted by atomic mass is 16.6. The summed E-state index contributed by atoms with van der Waals surface area (Å²) in [6.45, 7) is 3.54. The molecule has 2 saturated heterocycles. The third-order valence-electron chi connectivity index (χ3n) is 2.65. The molecule has 0 radical (unpaired) electrons. The lowest BCUT2D eigenvalue weighted by molar-refractivity contribution is 0.0768. The molecule has 1 unspecified atom stereocenters. The van der Waals surface area contributed by atoms with Crippen molar-refractivity contribution < 1.29 is 9.53 Å². The topological polar surface area (TPSA) is 41.6 Å². The molecule has 0 bridgehead atoms. The van der Waals surface area contributed by atoms with Gasteiger partial charge in [-0.15, -0.1) is 0 Å². The van der Waals surface area contributed by atoms with Gasteiger partial charge >= 0.3 is 6.09 Å². The van der Waals surface area contributed by atoms with E-state index >= 15 is 0 Å². The Morgan fingerprint density at radius 3 is 2.77 bits per heavy atom. The zero-order valence-electron chi connectivity index (χ0n) is 7.79. The fraction of sp³-hybridized carbons (Fsp3) is 0.889. The highest BCUT2D eigenvalue weighted by Gasteiger charge is 2.24. The van der Waals surface area contributed by atoms with E-state index in [2.05, 4.69) is 5.32 Å². The number of likely N-dealkylation sites (tertiary alicyclic amines) is 1. The number of ether oxygens (including phenoxy) is 1. The van der Waals surface area contributed by atoms with Gasteiger partial charge in [-0.25, -0.2) is 4.79 Å². The Kier molecular flexibility index (Phi) is 2.68. The Hall–Kier alpha value is -0.770. The normalized spacial score (nSPS) is 28.0. The molecule has 0 aromatic carbocycles. The largest absolute Gasteiger partial charge is 0.445 e. The molecular formula is C9H16N2O2. The summed E-state index contributed by atoms with van der Waals surface area (Å²) in [7, 11) is 0. The van der Waals surface area contributed by atoms with Crippen molar-refractivity contribution in [1.82, 2.24) is 10.2 Å². The number of hydrogen-bond donors (Lipinski definition) is 1. The van der Waals surface area contributed by atoms with Gasteiger partial charge in [0.25, 0.3) is 0 Å². The molecule has 4 heteroatoms. The minimum atomic E-state index is -0.119. The zero-order valence-corrected chi connectivity index (χ0v) is 7.79. The van der Waals surface area contributed by atoms with Gasteiger partial charge in [-0.3, -0.25) is 0 Å². The number of amides is 1. The molecule has 0 saturated carbocycles. The van der Waals surface area contributed by atoms with Gasteiger partial charge in [-0.05, 0) is 25.8 Å². The second kappa shape index (κ2) is 3.96. The zero-order chi connectivity index (χ0) is 9.10. The first kappa shape index (κ1) is 8.81. The van der Waals surface area contributed by atoms with Crippen molar-refractivity contribution >= 4 is 6.09 Å². The van der Waals surface area contributed by atoms with E-state index < -0.39 is 0 Å². The molecule has 13 heavy (non-hydrogen) atoms. The van der Waals surface area contributed by atoms with E-state index in [9.17, 15) is 4.79 Å². The minimum absolute atomic E-state index is 0.105. The Bertz CT molecular complexity index is 184. The van der Waals surface area contributed by atoms with Crippen LogP contribution in [0.4, 0.5) is 4.79 Å². The average Bonchev–Trinajstić information content (AvgIpc) is 2.74. The number of carbonyl (C=O) groups is 1. The molecule has 0 spiro atoms. The Balaban J connectivity index is 1.76. The number of nitrogens with zero attached hydrogens (tertiary/aromatic N) is 1. The summed E-state index contributed by atoms with van der Waals surface area (Å²) in [5, 5.41) is 3.17. The summed E-state index contributed by atoms with van der Waals surface area (Å²) in [6.07, 6.45) is 3.19. The molecule has 2 heterocycles. The van der Waals surface area contributed by atoms with Gasteiger partial charge in [0.2, 0.25) is 0 Å². The van der Waals surface area contributed by atoms with E-state index in [1.165, 1.54) is 0 Å². The van der Waals surface area contributed by atoms with E-state index in [4.69, 9.17) is 4.74 Å². The summed E-state index contributed by atoms with van der Waals surface area (Å²) < 4.78 is 5.32. The van der Waals surface area contributed by atoms with E-state index in [1.807, 2.05) is 0 Å². The van der Waals surface area contributed by atoms with Crippen LogP contribution in [0.2, 0.25) is 0 Å². The van der Waals surface area contributed by atoms with Crippen LogP contribution in [0.1, 0.15) is 19.3 Å². The van der Waals surface area contributed by atoms with Crippen LogP contribution in [0, 0.1) is 0 Å². The Morgan fingerprint density at radius 2 is 2.15 bits per heavy atom. The third-order valence-corrected chi connectivity index (χ3v) is 2.65. The van der Waals surface area contributed by atoms with Gasteiger partial charge in [-0.2, -0.15) is 0 Å². The van der Waals surface area contributed by atoms with Gasteiger partial charge in [0.1, 0.15) is 6.10 Å². The molecule has 1 atom stereocenters. The molecule has 1 amide bonds.